The molecule has 0 fully saturated rings. The van der Waals surface area contributed by atoms with Gasteiger partial charge in [0.2, 0.25) is 0 Å². The molecule has 0 bridgehead atoms. The summed E-state index contributed by atoms with van der Waals surface area (Å²) in [4.78, 5) is 0. The molecule has 0 N–H and O–H groups in total. The van der Waals surface area contributed by atoms with Gasteiger partial charge >= 0.3 is 0 Å². The molecule has 0 aliphatic carbocycles. The second-order valence-corrected chi connectivity index (χ2v) is 5.56. The number of hydrogen-bond acceptors (Lipinski definition) is 2. The molecular formula is C17H21F3O2. The highest BCUT2D eigenvalue weighted by atomic mass is 19.2. The lowest BCUT2D eigenvalue weighted by Crippen LogP contribution is -2.17. The van der Waals surface area contributed by atoms with E-state index < -0.39 is 17.5 Å². The van der Waals surface area contributed by atoms with Crippen molar-refractivity contribution in [3.05, 3.63) is 41.4 Å². The zero-order valence-electron chi connectivity index (χ0n) is 12.7. The van der Waals surface area contributed by atoms with Crippen LogP contribution in [-0.4, -0.2) is 12.7 Å². The minimum atomic E-state index is -1.48. The summed E-state index contributed by atoms with van der Waals surface area (Å²) in [5.41, 5.74) is 0.928. The molecule has 5 heteroatoms. The molecule has 122 valence electrons. The number of hydrogen-bond donors (Lipinski definition) is 0. The standard InChI is InChI=1S/C17H21F3O2/c1-2-3-4-5-13-7-6-12(10-21-13)11-22-14-8-15(18)17(20)16(19)9-14/h8-10,13H,2-7,11H2,1H3. The summed E-state index contributed by atoms with van der Waals surface area (Å²) in [5, 5.41) is 0. The third-order valence-electron chi connectivity index (χ3n) is 3.73. The Hall–Kier alpha value is -1.65. The molecule has 0 aromatic heterocycles. The highest BCUT2D eigenvalue weighted by molar-refractivity contribution is 5.25. The Kier molecular flexibility index (Phi) is 6.16. The Morgan fingerprint density at radius 3 is 2.50 bits per heavy atom. The predicted octanol–water partition coefficient (Wildman–Crippen LogP) is 5.13. The fourth-order valence-corrected chi connectivity index (χ4v) is 2.40. The van der Waals surface area contributed by atoms with Crippen molar-refractivity contribution in [2.45, 2.75) is 51.6 Å². The average Bonchev–Trinajstić information content (AvgIpc) is 2.52. The summed E-state index contributed by atoms with van der Waals surface area (Å²) in [5.74, 6) is -4.01. The molecule has 0 amide bonds. The van der Waals surface area contributed by atoms with E-state index in [0.717, 1.165) is 43.4 Å². The van der Waals surface area contributed by atoms with Crippen molar-refractivity contribution in [1.82, 2.24) is 0 Å². The second-order valence-electron chi connectivity index (χ2n) is 5.56. The van der Waals surface area contributed by atoms with Gasteiger partial charge in [-0.1, -0.05) is 19.8 Å². The molecule has 0 saturated heterocycles. The summed E-state index contributed by atoms with van der Waals surface area (Å²) in [6.07, 6.45) is 8.29. The van der Waals surface area contributed by atoms with Gasteiger partial charge in [-0.15, -0.1) is 0 Å². The van der Waals surface area contributed by atoms with E-state index in [2.05, 4.69) is 6.92 Å². The summed E-state index contributed by atoms with van der Waals surface area (Å²) >= 11 is 0. The summed E-state index contributed by atoms with van der Waals surface area (Å²) < 4.78 is 49.9. The lowest BCUT2D eigenvalue weighted by Gasteiger charge is -2.23. The first kappa shape index (κ1) is 16.7. The molecule has 0 spiro atoms. The predicted molar refractivity (Wildman–Crippen MR) is 78.1 cm³/mol. The Morgan fingerprint density at radius 1 is 1.18 bits per heavy atom. The van der Waals surface area contributed by atoms with Crippen molar-refractivity contribution >= 4 is 0 Å². The van der Waals surface area contributed by atoms with Crippen LogP contribution in [0.5, 0.6) is 5.75 Å². The maximum Gasteiger partial charge on any atom is 0.194 e. The van der Waals surface area contributed by atoms with Crippen molar-refractivity contribution in [3.8, 4) is 5.75 Å². The van der Waals surface area contributed by atoms with E-state index in [1.165, 1.54) is 12.8 Å². The van der Waals surface area contributed by atoms with Gasteiger partial charge in [0.1, 0.15) is 12.4 Å². The SMILES string of the molecule is CCCCCC1CCC(COc2cc(F)c(F)c(F)c2)=CO1. The van der Waals surface area contributed by atoms with Gasteiger partial charge in [0, 0.05) is 17.7 Å². The van der Waals surface area contributed by atoms with E-state index >= 15 is 0 Å². The van der Waals surface area contributed by atoms with Crippen LogP contribution in [0.2, 0.25) is 0 Å². The second kappa shape index (κ2) is 8.11. The van der Waals surface area contributed by atoms with Crippen molar-refractivity contribution in [1.29, 1.82) is 0 Å². The Morgan fingerprint density at radius 2 is 1.91 bits per heavy atom. The van der Waals surface area contributed by atoms with Gasteiger partial charge in [0.05, 0.1) is 12.4 Å². The highest BCUT2D eigenvalue weighted by Gasteiger charge is 2.16. The Bertz CT molecular complexity index is 506. The first-order valence-electron chi connectivity index (χ1n) is 7.71. The van der Waals surface area contributed by atoms with E-state index in [0.29, 0.717) is 0 Å². The molecule has 1 unspecified atom stereocenters. The number of benzene rings is 1. The van der Waals surface area contributed by atoms with Crippen LogP contribution in [0.15, 0.2) is 24.0 Å². The molecule has 22 heavy (non-hydrogen) atoms. The highest BCUT2D eigenvalue weighted by Crippen LogP contribution is 2.24. The van der Waals surface area contributed by atoms with Gasteiger partial charge in [0.25, 0.3) is 0 Å². The average molecular weight is 314 g/mol. The number of halogens is 3. The lowest BCUT2D eigenvalue weighted by atomic mass is 10.0. The molecule has 1 aliphatic heterocycles. The molecule has 2 nitrogen and oxygen atoms in total. The summed E-state index contributed by atoms with van der Waals surface area (Å²) in [6.45, 7) is 2.35. The maximum absolute atomic E-state index is 13.1. The third kappa shape index (κ3) is 4.68. The minimum Gasteiger partial charge on any atom is -0.498 e. The lowest BCUT2D eigenvalue weighted by molar-refractivity contribution is 0.105. The normalized spacial score (nSPS) is 17.8. The van der Waals surface area contributed by atoms with Gasteiger partial charge in [-0.3, -0.25) is 0 Å². The van der Waals surface area contributed by atoms with Gasteiger partial charge in [-0.2, -0.15) is 0 Å². The zero-order valence-corrected chi connectivity index (χ0v) is 12.7. The monoisotopic (exact) mass is 314 g/mol. The third-order valence-corrected chi connectivity index (χ3v) is 3.73. The van der Waals surface area contributed by atoms with Crippen LogP contribution < -0.4 is 4.74 Å². The maximum atomic E-state index is 13.1. The van der Waals surface area contributed by atoms with E-state index in [-0.39, 0.29) is 18.5 Å². The topological polar surface area (TPSA) is 18.5 Å². The van der Waals surface area contributed by atoms with Crippen LogP contribution >= 0.6 is 0 Å². The van der Waals surface area contributed by atoms with E-state index in [9.17, 15) is 13.2 Å². The van der Waals surface area contributed by atoms with Crippen molar-refractivity contribution in [2.24, 2.45) is 0 Å². The van der Waals surface area contributed by atoms with Gasteiger partial charge < -0.3 is 9.47 Å². The number of ether oxygens (including phenoxy) is 2. The fourth-order valence-electron chi connectivity index (χ4n) is 2.40. The number of unbranched alkanes of at least 4 members (excludes halogenated alkanes) is 2. The van der Waals surface area contributed by atoms with Crippen LogP contribution in [0.3, 0.4) is 0 Å². The first-order valence-corrected chi connectivity index (χ1v) is 7.71. The minimum absolute atomic E-state index is 0.0256. The van der Waals surface area contributed by atoms with Crippen LogP contribution in [0.4, 0.5) is 13.2 Å². The fraction of sp³-hybridized carbons (Fsp3) is 0.529. The smallest absolute Gasteiger partial charge is 0.194 e. The molecule has 0 radical (unpaired) electrons. The van der Waals surface area contributed by atoms with Crippen LogP contribution in [-0.2, 0) is 4.74 Å². The Balaban J connectivity index is 1.81. The van der Waals surface area contributed by atoms with Crippen LogP contribution in [0.1, 0.15) is 45.4 Å². The Labute approximate surface area is 128 Å². The molecule has 2 rings (SSSR count). The quantitative estimate of drug-likeness (QED) is 0.513. The summed E-state index contributed by atoms with van der Waals surface area (Å²) in [7, 11) is 0. The largest absolute Gasteiger partial charge is 0.498 e. The van der Waals surface area contributed by atoms with E-state index in [4.69, 9.17) is 9.47 Å². The zero-order chi connectivity index (χ0) is 15.9. The number of rotatable bonds is 7. The molecule has 1 aromatic rings. The molecule has 1 aliphatic rings. The van der Waals surface area contributed by atoms with Gasteiger partial charge in [-0.05, 0) is 25.7 Å². The molecule has 1 aromatic carbocycles. The van der Waals surface area contributed by atoms with Crippen LogP contribution in [0.25, 0.3) is 0 Å². The van der Waals surface area contributed by atoms with E-state index in [1.54, 1.807) is 6.26 Å². The molecular weight excluding hydrogens is 293 g/mol. The molecule has 0 saturated carbocycles. The molecule has 1 heterocycles. The van der Waals surface area contributed by atoms with Crippen LogP contribution in [0, 0.1) is 17.5 Å². The summed E-state index contributed by atoms with van der Waals surface area (Å²) in [6, 6.07) is 1.69. The molecule has 1 atom stereocenters. The first-order chi connectivity index (χ1) is 10.6. The van der Waals surface area contributed by atoms with Gasteiger partial charge in [-0.25, -0.2) is 13.2 Å². The van der Waals surface area contributed by atoms with Crippen molar-refractivity contribution in [3.63, 3.8) is 0 Å². The van der Waals surface area contributed by atoms with E-state index in [1.807, 2.05) is 0 Å². The van der Waals surface area contributed by atoms with Crippen molar-refractivity contribution < 1.29 is 22.6 Å². The van der Waals surface area contributed by atoms with Crippen molar-refractivity contribution in [2.75, 3.05) is 6.61 Å². The van der Waals surface area contributed by atoms with Gasteiger partial charge in [0.15, 0.2) is 17.5 Å².